The summed E-state index contributed by atoms with van der Waals surface area (Å²) in [7, 11) is 0. The highest BCUT2D eigenvalue weighted by molar-refractivity contribution is 6.05. The summed E-state index contributed by atoms with van der Waals surface area (Å²) in [5.74, 6) is 0.244. The number of ether oxygens (including phenoxy) is 1. The van der Waals surface area contributed by atoms with Crippen molar-refractivity contribution in [1.82, 2.24) is 25.0 Å². The van der Waals surface area contributed by atoms with Gasteiger partial charge in [-0.25, -0.2) is 0 Å². The van der Waals surface area contributed by atoms with Gasteiger partial charge in [-0.3, -0.25) is 19.7 Å². The molecule has 1 atom stereocenters. The van der Waals surface area contributed by atoms with E-state index < -0.39 is 0 Å². The van der Waals surface area contributed by atoms with Gasteiger partial charge >= 0.3 is 0 Å². The van der Waals surface area contributed by atoms with Gasteiger partial charge in [-0.2, -0.15) is 5.10 Å². The van der Waals surface area contributed by atoms with Crippen molar-refractivity contribution >= 4 is 22.7 Å². The van der Waals surface area contributed by atoms with Gasteiger partial charge in [0.25, 0.3) is 5.91 Å². The van der Waals surface area contributed by atoms with Crippen molar-refractivity contribution in [3.8, 4) is 0 Å². The Bertz CT molecular complexity index is 1080. The number of benzene rings is 1. The molecule has 2 aromatic heterocycles. The van der Waals surface area contributed by atoms with E-state index in [1.807, 2.05) is 36.4 Å². The molecule has 31 heavy (non-hydrogen) atoms. The van der Waals surface area contributed by atoms with Crippen LogP contribution in [0.5, 0.6) is 0 Å². The van der Waals surface area contributed by atoms with Gasteiger partial charge in [0.1, 0.15) is 6.54 Å². The minimum atomic E-state index is -0.256. The molecule has 2 aliphatic rings. The number of nitrogens with zero attached hydrogens (tertiary/aromatic N) is 4. The molecule has 0 unspecified atom stereocenters. The fraction of sp³-hybridized carbons (Fsp3) is 0.391. The van der Waals surface area contributed by atoms with Gasteiger partial charge < -0.3 is 14.5 Å². The van der Waals surface area contributed by atoms with Crippen molar-refractivity contribution in [2.45, 2.75) is 25.5 Å². The zero-order valence-corrected chi connectivity index (χ0v) is 17.2. The molecule has 1 aromatic carbocycles. The second-order valence-corrected chi connectivity index (χ2v) is 8.34. The minimum Gasteiger partial charge on any atom is -0.374 e. The van der Waals surface area contributed by atoms with Crippen LogP contribution in [-0.2, 0) is 16.1 Å². The van der Waals surface area contributed by atoms with Crippen LogP contribution < -0.4 is 0 Å². The maximum absolute atomic E-state index is 13.3. The average Bonchev–Trinajstić information content (AvgIpc) is 3.55. The molecule has 1 N–H and O–H groups in total. The van der Waals surface area contributed by atoms with E-state index in [4.69, 9.17) is 4.74 Å². The summed E-state index contributed by atoms with van der Waals surface area (Å²) in [6.07, 6.45) is 5.61. The number of pyridine rings is 1. The van der Waals surface area contributed by atoms with Crippen LogP contribution in [0.2, 0.25) is 0 Å². The first-order valence-corrected chi connectivity index (χ1v) is 10.7. The summed E-state index contributed by atoms with van der Waals surface area (Å²) in [6.45, 7) is 1.94. The van der Waals surface area contributed by atoms with E-state index in [1.54, 1.807) is 22.2 Å². The van der Waals surface area contributed by atoms with Gasteiger partial charge in [0.05, 0.1) is 11.6 Å². The molecule has 1 aliphatic heterocycles. The molecule has 8 heteroatoms. The van der Waals surface area contributed by atoms with Crippen LogP contribution in [0.3, 0.4) is 0 Å². The SMILES string of the molecule is O=C1CN(C(=O)c2n[nH]c3ccccc23)C[C@@H](OCC2CC2)CN1Cc1cccnc1. The quantitative estimate of drug-likeness (QED) is 0.662. The van der Waals surface area contributed by atoms with Gasteiger partial charge in [-0.1, -0.05) is 24.3 Å². The number of hydrogen-bond donors (Lipinski definition) is 1. The summed E-state index contributed by atoms with van der Waals surface area (Å²) >= 11 is 0. The Morgan fingerprint density at radius 2 is 2.03 bits per heavy atom. The third kappa shape index (κ3) is 4.44. The van der Waals surface area contributed by atoms with Crippen molar-refractivity contribution in [1.29, 1.82) is 0 Å². The van der Waals surface area contributed by atoms with Gasteiger partial charge in [-0.05, 0) is 36.5 Å². The second kappa shape index (κ2) is 8.47. The van der Waals surface area contributed by atoms with Crippen LogP contribution in [0.4, 0.5) is 0 Å². The molecule has 3 aromatic rings. The lowest BCUT2D eigenvalue weighted by Gasteiger charge is -2.24. The molecule has 2 fully saturated rings. The Morgan fingerprint density at radius 1 is 1.16 bits per heavy atom. The Kier molecular flexibility index (Phi) is 5.38. The predicted octanol–water partition coefficient (Wildman–Crippen LogP) is 2.24. The van der Waals surface area contributed by atoms with Crippen LogP contribution in [0, 0.1) is 5.92 Å². The Morgan fingerprint density at radius 3 is 2.84 bits per heavy atom. The number of hydrogen-bond acceptors (Lipinski definition) is 5. The summed E-state index contributed by atoms with van der Waals surface area (Å²) in [5, 5.41) is 7.89. The van der Waals surface area contributed by atoms with E-state index in [9.17, 15) is 9.59 Å². The zero-order valence-electron chi connectivity index (χ0n) is 17.2. The summed E-state index contributed by atoms with van der Waals surface area (Å²) in [4.78, 5) is 33.9. The number of aromatic nitrogens is 3. The van der Waals surface area contributed by atoms with Crippen molar-refractivity contribution in [3.05, 3.63) is 60.0 Å². The topological polar surface area (TPSA) is 91.4 Å². The first-order chi connectivity index (χ1) is 15.2. The molecule has 0 bridgehead atoms. The van der Waals surface area contributed by atoms with E-state index in [0.717, 1.165) is 16.5 Å². The Hall–Kier alpha value is -3.26. The molecular weight excluding hydrogens is 394 g/mol. The summed E-state index contributed by atoms with van der Waals surface area (Å²) in [5.41, 5.74) is 2.09. The molecule has 5 rings (SSSR count). The first-order valence-electron chi connectivity index (χ1n) is 10.7. The van der Waals surface area contributed by atoms with E-state index in [-0.39, 0.29) is 24.5 Å². The van der Waals surface area contributed by atoms with E-state index >= 15 is 0 Å². The van der Waals surface area contributed by atoms with Crippen LogP contribution in [0.25, 0.3) is 10.9 Å². The summed E-state index contributed by atoms with van der Waals surface area (Å²) < 4.78 is 6.16. The number of aromatic amines is 1. The number of fused-ring (bicyclic) bond motifs is 1. The van der Waals surface area contributed by atoms with Gasteiger partial charge in [0.2, 0.25) is 5.91 Å². The third-order valence-corrected chi connectivity index (χ3v) is 5.85. The fourth-order valence-electron chi connectivity index (χ4n) is 3.94. The molecular formula is C23H25N5O3. The van der Waals surface area contributed by atoms with E-state index in [2.05, 4.69) is 15.2 Å². The molecule has 1 saturated carbocycles. The number of carbonyl (C=O) groups excluding carboxylic acids is 2. The maximum atomic E-state index is 13.3. The lowest BCUT2D eigenvalue weighted by atomic mass is 10.2. The monoisotopic (exact) mass is 419 g/mol. The van der Waals surface area contributed by atoms with Gasteiger partial charge in [0.15, 0.2) is 5.69 Å². The van der Waals surface area contributed by atoms with Crippen LogP contribution in [0.15, 0.2) is 48.8 Å². The number of amides is 2. The highest BCUT2D eigenvalue weighted by atomic mass is 16.5. The van der Waals surface area contributed by atoms with Gasteiger partial charge in [0, 0.05) is 44.0 Å². The number of rotatable bonds is 6. The molecule has 0 radical (unpaired) electrons. The molecule has 8 nitrogen and oxygen atoms in total. The molecule has 2 amide bonds. The van der Waals surface area contributed by atoms with Crippen molar-refractivity contribution in [2.75, 3.05) is 26.2 Å². The predicted molar refractivity (Wildman–Crippen MR) is 114 cm³/mol. The van der Waals surface area contributed by atoms with Crippen LogP contribution >= 0.6 is 0 Å². The third-order valence-electron chi connectivity index (χ3n) is 5.85. The number of para-hydroxylation sites is 1. The minimum absolute atomic E-state index is 0.00354. The highest BCUT2D eigenvalue weighted by Crippen LogP contribution is 2.29. The second-order valence-electron chi connectivity index (χ2n) is 8.34. The molecule has 1 saturated heterocycles. The molecule has 1 aliphatic carbocycles. The smallest absolute Gasteiger partial charge is 0.275 e. The van der Waals surface area contributed by atoms with E-state index in [0.29, 0.717) is 37.9 Å². The summed E-state index contributed by atoms with van der Waals surface area (Å²) in [6, 6.07) is 11.3. The van der Waals surface area contributed by atoms with E-state index in [1.165, 1.54) is 12.8 Å². The average molecular weight is 419 g/mol. The molecule has 0 spiro atoms. The Balaban J connectivity index is 1.38. The van der Waals surface area contributed by atoms with Crippen LogP contribution in [-0.4, -0.2) is 69.1 Å². The lowest BCUT2D eigenvalue weighted by molar-refractivity contribution is -0.132. The maximum Gasteiger partial charge on any atom is 0.275 e. The van der Waals surface area contributed by atoms with Crippen molar-refractivity contribution < 1.29 is 14.3 Å². The number of carbonyl (C=O) groups is 2. The first kappa shape index (κ1) is 19.7. The molecule has 3 heterocycles. The largest absolute Gasteiger partial charge is 0.374 e. The lowest BCUT2D eigenvalue weighted by Crippen LogP contribution is -2.40. The highest BCUT2D eigenvalue weighted by Gasteiger charge is 2.34. The number of H-pyrrole nitrogens is 1. The fourth-order valence-corrected chi connectivity index (χ4v) is 3.94. The van der Waals surface area contributed by atoms with Crippen LogP contribution in [0.1, 0.15) is 28.9 Å². The van der Waals surface area contributed by atoms with Crippen molar-refractivity contribution in [2.24, 2.45) is 5.92 Å². The van der Waals surface area contributed by atoms with Gasteiger partial charge in [-0.15, -0.1) is 0 Å². The standard InChI is InChI=1S/C23H25N5O3/c29-21-14-28(23(30)22-19-5-1-2-6-20(19)25-26-22)13-18(31-15-16-7-8-16)12-27(21)11-17-4-3-9-24-10-17/h1-6,9-10,16,18H,7-8,11-15H2,(H,25,26)/t18-/m0/s1. The molecule has 160 valence electrons. The number of nitrogens with one attached hydrogen (secondary N) is 1. The normalized spacial score (nSPS) is 19.6. The zero-order chi connectivity index (χ0) is 21.2. The van der Waals surface area contributed by atoms with Crippen molar-refractivity contribution in [3.63, 3.8) is 0 Å². The Labute approximate surface area is 180 Å².